The molecule has 0 saturated carbocycles. The maximum atomic E-state index is 12.2. The van der Waals surface area contributed by atoms with E-state index < -0.39 is 0 Å². The highest BCUT2D eigenvalue weighted by atomic mass is 16.5. The van der Waals surface area contributed by atoms with Crippen LogP contribution < -0.4 is 5.73 Å². The molecule has 3 rings (SSSR count). The van der Waals surface area contributed by atoms with Gasteiger partial charge in [0.25, 0.3) is 5.91 Å². The topological polar surface area (TPSA) is 89.4 Å². The number of primary amides is 1. The van der Waals surface area contributed by atoms with Gasteiger partial charge in [-0.25, -0.2) is 0 Å². The lowest BCUT2D eigenvalue weighted by Crippen LogP contribution is -2.54. The Hall–Kier alpha value is -1.85. The Kier molecular flexibility index (Phi) is 2.57. The van der Waals surface area contributed by atoms with Crippen LogP contribution in [0.15, 0.2) is 4.52 Å². The average molecular weight is 249 g/mol. The summed E-state index contributed by atoms with van der Waals surface area (Å²) in [4.78, 5) is 24.7. The third-order valence-corrected chi connectivity index (χ3v) is 3.73. The number of carbonyl (C=O) groups excluding carboxylic acids is 2. The number of aromatic nitrogens is 1. The smallest absolute Gasteiger partial charge is 0.292 e. The molecule has 18 heavy (non-hydrogen) atoms. The van der Waals surface area contributed by atoms with Gasteiger partial charge in [0.05, 0.1) is 11.6 Å². The summed E-state index contributed by atoms with van der Waals surface area (Å²) in [6, 6.07) is 0. The van der Waals surface area contributed by atoms with Gasteiger partial charge in [-0.15, -0.1) is 0 Å². The molecule has 0 spiro atoms. The lowest BCUT2D eigenvalue weighted by atomic mass is 9.94. The SMILES string of the molecule is NC(=O)C1CN(C(=O)c2onc3c2CCCC3)C1. The summed E-state index contributed by atoms with van der Waals surface area (Å²) >= 11 is 0. The molecule has 0 radical (unpaired) electrons. The van der Waals surface area contributed by atoms with E-state index in [1.807, 2.05) is 0 Å². The Morgan fingerprint density at radius 1 is 1.28 bits per heavy atom. The van der Waals surface area contributed by atoms with Crippen molar-refractivity contribution in [2.75, 3.05) is 13.1 Å². The van der Waals surface area contributed by atoms with Crippen LogP contribution in [-0.4, -0.2) is 35.0 Å². The Labute approximate surface area is 104 Å². The number of amides is 2. The molecule has 96 valence electrons. The zero-order chi connectivity index (χ0) is 12.7. The summed E-state index contributed by atoms with van der Waals surface area (Å²) in [6.07, 6.45) is 3.90. The van der Waals surface area contributed by atoms with E-state index in [0.717, 1.165) is 36.9 Å². The summed E-state index contributed by atoms with van der Waals surface area (Å²) in [5.41, 5.74) is 7.04. The van der Waals surface area contributed by atoms with Crippen LogP contribution in [0.5, 0.6) is 0 Å². The van der Waals surface area contributed by atoms with Gasteiger partial charge in [-0.3, -0.25) is 9.59 Å². The molecular weight excluding hydrogens is 234 g/mol. The minimum Gasteiger partial charge on any atom is -0.369 e. The van der Waals surface area contributed by atoms with E-state index in [-0.39, 0.29) is 17.7 Å². The highest BCUT2D eigenvalue weighted by molar-refractivity contribution is 5.95. The van der Waals surface area contributed by atoms with E-state index in [1.165, 1.54) is 0 Å². The first-order chi connectivity index (χ1) is 8.66. The monoisotopic (exact) mass is 249 g/mol. The van der Waals surface area contributed by atoms with Crippen LogP contribution in [0, 0.1) is 5.92 Å². The summed E-state index contributed by atoms with van der Waals surface area (Å²) < 4.78 is 5.17. The number of aryl methyl sites for hydroxylation is 1. The van der Waals surface area contributed by atoms with Crippen molar-refractivity contribution in [1.82, 2.24) is 10.1 Å². The third-order valence-electron chi connectivity index (χ3n) is 3.73. The molecular formula is C12H15N3O3. The van der Waals surface area contributed by atoms with Crippen molar-refractivity contribution in [3.8, 4) is 0 Å². The number of hydrogen-bond donors (Lipinski definition) is 1. The lowest BCUT2D eigenvalue weighted by Gasteiger charge is -2.36. The van der Waals surface area contributed by atoms with Crippen molar-refractivity contribution in [3.63, 3.8) is 0 Å². The zero-order valence-electron chi connectivity index (χ0n) is 10.0. The van der Waals surface area contributed by atoms with E-state index in [9.17, 15) is 9.59 Å². The molecule has 0 unspecified atom stereocenters. The molecule has 2 heterocycles. The molecule has 2 aliphatic rings. The molecule has 2 N–H and O–H groups in total. The molecule has 0 bridgehead atoms. The van der Waals surface area contributed by atoms with Crippen LogP contribution in [0.1, 0.15) is 34.7 Å². The number of likely N-dealkylation sites (tertiary alicyclic amines) is 1. The van der Waals surface area contributed by atoms with Crippen molar-refractivity contribution in [3.05, 3.63) is 17.0 Å². The third kappa shape index (κ3) is 1.68. The van der Waals surface area contributed by atoms with Crippen molar-refractivity contribution in [1.29, 1.82) is 0 Å². The van der Waals surface area contributed by atoms with E-state index in [2.05, 4.69) is 5.16 Å². The highest BCUT2D eigenvalue weighted by Crippen LogP contribution is 2.27. The molecule has 1 fully saturated rings. The van der Waals surface area contributed by atoms with E-state index in [4.69, 9.17) is 10.3 Å². The number of hydrogen-bond acceptors (Lipinski definition) is 4. The molecule has 1 saturated heterocycles. The lowest BCUT2D eigenvalue weighted by molar-refractivity contribution is -0.125. The molecule has 0 atom stereocenters. The molecule has 1 aromatic rings. The van der Waals surface area contributed by atoms with Gasteiger partial charge in [0, 0.05) is 18.7 Å². The van der Waals surface area contributed by atoms with Gasteiger partial charge in [-0.05, 0) is 25.7 Å². The standard InChI is InChI=1S/C12H15N3O3/c13-11(16)7-5-15(6-7)12(17)10-8-3-1-2-4-9(8)14-18-10/h7H,1-6H2,(H2,13,16). The quantitative estimate of drug-likeness (QED) is 0.805. The van der Waals surface area contributed by atoms with Crippen molar-refractivity contribution < 1.29 is 14.1 Å². The molecule has 0 aromatic carbocycles. The summed E-state index contributed by atoms with van der Waals surface area (Å²) in [7, 11) is 0. The van der Waals surface area contributed by atoms with Crippen LogP contribution in [-0.2, 0) is 17.6 Å². The van der Waals surface area contributed by atoms with Crippen LogP contribution in [0.2, 0.25) is 0 Å². The fourth-order valence-electron chi connectivity index (χ4n) is 2.53. The molecule has 1 aliphatic carbocycles. The van der Waals surface area contributed by atoms with Gasteiger partial charge >= 0.3 is 0 Å². The number of carbonyl (C=O) groups is 2. The predicted molar refractivity (Wildman–Crippen MR) is 61.7 cm³/mol. The molecule has 1 aliphatic heterocycles. The molecule has 6 nitrogen and oxygen atoms in total. The van der Waals surface area contributed by atoms with Gasteiger partial charge in [0.1, 0.15) is 0 Å². The van der Waals surface area contributed by atoms with Crippen LogP contribution in [0.4, 0.5) is 0 Å². The first-order valence-corrected chi connectivity index (χ1v) is 6.23. The Bertz CT molecular complexity index is 503. The number of rotatable bonds is 2. The number of fused-ring (bicyclic) bond motifs is 1. The van der Waals surface area contributed by atoms with Crippen LogP contribution in [0.3, 0.4) is 0 Å². The minimum atomic E-state index is -0.348. The van der Waals surface area contributed by atoms with Gasteiger partial charge in [0.2, 0.25) is 11.7 Å². The van der Waals surface area contributed by atoms with Gasteiger partial charge in [-0.1, -0.05) is 5.16 Å². The summed E-state index contributed by atoms with van der Waals surface area (Å²) in [6.45, 7) is 0.785. The molecule has 6 heteroatoms. The van der Waals surface area contributed by atoms with Crippen molar-refractivity contribution in [2.24, 2.45) is 11.7 Å². The summed E-state index contributed by atoms with van der Waals surface area (Å²) in [5, 5.41) is 3.96. The fraction of sp³-hybridized carbons (Fsp3) is 0.583. The van der Waals surface area contributed by atoms with E-state index in [1.54, 1.807) is 4.90 Å². The Morgan fingerprint density at radius 3 is 2.72 bits per heavy atom. The Morgan fingerprint density at radius 2 is 2.00 bits per heavy atom. The maximum Gasteiger partial charge on any atom is 0.292 e. The number of nitrogens with zero attached hydrogens (tertiary/aromatic N) is 2. The zero-order valence-corrected chi connectivity index (χ0v) is 10.0. The minimum absolute atomic E-state index is 0.164. The maximum absolute atomic E-state index is 12.2. The number of nitrogens with two attached hydrogens (primary N) is 1. The average Bonchev–Trinajstić information content (AvgIpc) is 2.69. The van der Waals surface area contributed by atoms with Gasteiger partial charge < -0.3 is 15.2 Å². The van der Waals surface area contributed by atoms with Gasteiger partial charge in [-0.2, -0.15) is 0 Å². The van der Waals surface area contributed by atoms with Crippen molar-refractivity contribution >= 4 is 11.8 Å². The highest BCUT2D eigenvalue weighted by Gasteiger charge is 2.37. The van der Waals surface area contributed by atoms with Gasteiger partial charge in [0.15, 0.2) is 0 Å². The van der Waals surface area contributed by atoms with E-state index >= 15 is 0 Å². The molecule has 1 aromatic heterocycles. The Balaban J connectivity index is 1.74. The fourth-order valence-corrected chi connectivity index (χ4v) is 2.53. The largest absolute Gasteiger partial charge is 0.369 e. The van der Waals surface area contributed by atoms with Crippen molar-refractivity contribution in [2.45, 2.75) is 25.7 Å². The van der Waals surface area contributed by atoms with E-state index in [0.29, 0.717) is 18.8 Å². The summed E-state index contributed by atoms with van der Waals surface area (Å²) in [5.74, 6) is -0.373. The second-order valence-corrected chi connectivity index (χ2v) is 4.95. The van der Waals surface area contributed by atoms with Crippen LogP contribution >= 0.6 is 0 Å². The normalized spacial score (nSPS) is 19.2. The first-order valence-electron chi connectivity index (χ1n) is 6.23. The predicted octanol–water partition coefficient (Wildman–Crippen LogP) is 0.111. The second kappa shape index (κ2) is 4.12. The first kappa shape index (κ1) is 11.3. The second-order valence-electron chi connectivity index (χ2n) is 4.95. The van der Waals surface area contributed by atoms with Crippen LogP contribution in [0.25, 0.3) is 0 Å². The molecule has 2 amide bonds.